The van der Waals surface area contributed by atoms with Crippen LogP contribution in [0.3, 0.4) is 0 Å². The van der Waals surface area contributed by atoms with Crippen LogP contribution in [0.5, 0.6) is 0 Å². The van der Waals surface area contributed by atoms with Gasteiger partial charge in [-0.15, -0.1) is 0 Å². The van der Waals surface area contributed by atoms with Crippen LogP contribution < -0.4 is 11.3 Å². The molecule has 0 radical (unpaired) electrons. The summed E-state index contributed by atoms with van der Waals surface area (Å²) in [4.78, 5) is 4.50. The summed E-state index contributed by atoms with van der Waals surface area (Å²) in [6.45, 7) is 0. The van der Waals surface area contributed by atoms with E-state index in [4.69, 9.17) is 5.84 Å². The molecule has 4 heteroatoms. The zero-order chi connectivity index (χ0) is 13.9. The maximum Gasteiger partial charge on any atom is 0.123 e. The Labute approximate surface area is 118 Å². The van der Waals surface area contributed by atoms with Crippen LogP contribution in [0.4, 0.5) is 4.39 Å². The number of hydrazine groups is 1. The molecule has 104 valence electrons. The Morgan fingerprint density at radius 3 is 3.05 bits per heavy atom. The lowest BCUT2D eigenvalue weighted by atomic mass is 9.92. The Kier molecular flexibility index (Phi) is 3.76. The van der Waals surface area contributed by atoms with Crippen molar-refractivity contribution in [1.29, 1.82) is 0 Å². The Bertz CT molecular complexity index is 600. The van der Waals surface area contributed by atoms with Crippen LogP contribution >= 0.6 is 0 Å². The minimum Gasteiger partial charge on any atom is -0.271 e. The molecule has 2 aromatic rings. The molecule has 1 heterocycles. The third kappa shape index (κ3) is 2.57. The first-order valence-electron chi connectivity index (χ1n) is 6.92. The largest absolute Gasteiger partial charge is 0.271 e. The summed E-state index contributed by atoms with van der Waals surface area (Å²) >= 11 is 0. The fourth-order valence-electron chi connectivity index (χ4n) is 3.07. The van der Waals surface area contributed by atoms with Crippen LogP contribution in [0.15, 0.2) is 42.6 Å². The van der Waals surface area contributed by atoms with E-state index in [9.17, 15) is 4.39 Å². The molecule has 1 aromatic carbocycles. The summed E-state index contributed by atoms with van der Waals surface area (Å²) in [7, 11) is 0. The van der Waals surface area contributed by atoms with Gasteiger partial charge in [-0.05, 0) is 48.6 Å². The van der Waals surface area contributed by atoms with Gasteiger partial charge in [-0.25, -0.2) is 4.39 Å². The first kappa shape index (κ1) is 13.2. The van der Waals surface area contributed by atoms with Crippen molar-refractivity contribution < 1.29 is 4.39 Å². The highest BCUT2D eigenvalue weighted by molar-refractivity contribution is 5.31. The SMILES string of the molecule is NNC(Cc1cccc(F)c1)C1CCc2cccnc21. The van der Waals surface area contributed by atoms with Crippen LogP contribution in [0.2, 0.25) is 0 Å². The lowest BCUT2D eigenvalue weighted by Gasteiger charge is -2.23. The van der Waals surface area contributed by atoms with Gasteiger partial charge in [0.05, 0.1) is 0 Å². The molecular formula is C16H18FN3. The highest BCUT2D eigenvalue weighted by Gasteiger charge is 2.30. The second-order valence-electron chi connectivity index (χ2n) is 5.30. The van der Waals surface area contributed by atoms with Gasteiger partial charge in [0.2, 0.25) is 0 Å². The van der Waals surface area contributed by atoms with E-state index in [1.165, 1.54) is 11.6 Å². The van der Waals surface area contributed by atoms with Crippen LogP contribution in [-0.4, -0.2) is 11.0 Å². The van der Waals surface area contributed by atoms with Crippen molar-refractivity contribution >= 4 is 0 Å². The summed E-state index contributed by atoms with van der Waals surface area (Å²) in [5.41, 5.74) is 6.28. The third-order valence-corrected chi connectivity index (χ3v) is 4.05. The fourth-order valence-corrected chi connectivity index (χ4v) is 3.07. The van der Waals surface area contributed by atoms with E-state index >= 15 is 0 Å². The van der Waals surface area contributed by atoms with Gasteiger partial charge in [0.25, 0.3) is 0 Å². The number of nitrogens with one attached hydrogen (secondary N) is 1. The van der Waals surface area contributed by atoms with Crippen molar-refractivity contribution in [2.45, 2.75) is 31.2 Å². The van der Waals surface area contributed by atoms with Gasteiger partial charge in [-0.1, -0.05) is 18.2 Å². The van der Waals surface area contributed by atoms with E-state index in [1.54, 1.807) is 12.1 Å². The number of aryl methyl sites for hydroxylation is 1. The van der Waals surface area contributed by atoms with E-state index in [2.05, 4.69) is 16.5 Å². The molecule has 0 fully saturated rings. The number of benzene rings is 1. The molecule has 2 atom stereocenters. The average Bonchev–Trinajstić information content (AvgIpc) is 2.89. The number of aromatic nitrogens is 1. The molecule has 0 bridgehead atoms. The molecule has 0 amide bonds. The Hall–Kier alpha value is -1.78. The van der Waals surface area contributed by atoms with E-state index in [-0.39, 0.29) is 11.9 Å². The molecule has 3 rings (SSSR count). The fraction of sp³-hybridized carbons (Fsp3) is 0.312. The zero-order valence-corrected chi connectivity index (χ0v) is 11.2. The van der Waals surface area contributed by atoms with Gasteiger partial charge in [0.1, 0.15) is 5.82 Å². The average molecular weight is 271 g/mol. The lowest BCUT2D eigenvalue weighted by molar-refractivity contribution is 0.428. The monoisotopic (exact) mass is 271 g/mol. The Balaban J connectivity index is 1.81. The molecule has 3 nitrogen and oxygen atoms in total. The number of pyridine rings is 1. The molecule has 2 unspecified atom stereocenters. The third-order valence-electron chi connectivity index (χ3n) is 4.05. The van der Waals surface area contributed by atoms with Gasteiger partial charge in [0, 0.05) is 23.9 Å². The second-order valence-corrected chi connectivity index (χ2v) is 5.30. The van der Waals surface area contributed by atoms with E-state index in [1.807, 2.05) is 18.3 Å². The normalized spacial score (nSPS) is 18.8. The minimum absolute atomic E-state index is 0.0768. The first-order chi connectivity index (χ1) is 9.78. The molecule has 1 aliphatic rings. The smallest absolute Gasteiger partial charge is 0.123 e. The lowest BCUT2D eigenvalue weighted by Crippen LogP contribution is -2.41. The zero-order valence-electron chi connectivity index (χ0n) is 11.2. The number of nitrogens with two attached hydrogens (primary N) is 1. The van der Waals surface area contributed by atoms with Gasteiger partial charge in [0.15, 0.2) is 0 Å². The minimum atomic E-state index is -0.205. The molecule has 0 spiro atoms. The Morgan fingerprint density at radius 2 is 2.25 bits per heavy atom. The highest BCUT2D eigenvalue weighted by atomic mass is 19.1. The first-order valence-corrected chi connectivity index (χ1v) is 6.92. The number of hydrogen-bond acceptors (Lipinski definition) is 3. The number of hydrogen-bond donors (Lipinski definition) is 2. The summed E-state index contributed by atoms with van der Waals surface area (Å²) in [6, 6.07) is 10.9. The molecule has 0 saturated heterocycles. The summed E-state index contributed by atoms with van der Waals surface area (Å²) in [5.74, 6) is 5.81. The number of fused-ring (bicyclic) bond motifs is 1. The van der Waals surface area contributed by atoms with Crippen LogP contribution in [0.25, 0.3) is 0 Å². The number of rotatable bonds is 4. The molecule has 3 N–H and O–H groups in total. The second kappa shape index (κ2) is 5.69. The quantitative estimate of drug-likeness (QED) is 0.663. The van der Waals surface area contributed by atoms with Crippen LogP contribution in [-0.2, 0) is 12.8 Å². The van der Waals surface area contributed by atoms with Crippen LogP contribution in [0.1, 0.15) is 29.2 Å². The Morgan fingerprint density at radius 1 is 1.35 bits per heavy atom. The van der Waals surface area contributed by atoms with Crippen LogP contribution in [0, 0.1) is 5.82 Å². The van der Waals surface area contributed by atoms with Gasteiger partial charge in [-0.3, -0.25) is 16.3 Å². The summed E-state index contributed by atoms with van der Waals surface area (Å²) in [5, 5.41) is 0. The topological polar surface area (TPSA) is 50.9 Å². The van der Waals surface area contributed by atoms with E-state index < -0.39 is 0 Å². The molecule has 0 saturated carbocycles. The predicted molar refractivity (Wildman–Crippen MR) is 76.5 cm³/mol. The predicted octanol–water partition coefficient (Wildman–Crippen LogP) is 2.33. The number of halogens is 1. The van der Waals surface area contributed by atoms with E-state index in [0.29, 0.717) is 12.3 Å². The highest BCUT2D eigenvalue weighted by Crippen LogP contribution is 2.34. The standard InChI is InChI=1S/C16H18FN3/c17-13-5-1-3-11(9-13)10-15(20-18)14-7-6-12-4-2-8-19-16(12)14/h1-5,8-9,14-15,20H,6-7,10,18H2. The summed E-state index contributed by atoms with van der Waals surface area (Å²) in [6.07, 6.45) is 4.60. The molecule has 0 aliphatic heterocycles. The molecule has 20 heavy (non-hydrogen) atoms. The van der Waals surface area contributed by atoms with Crippen molar-refractivity contribution in [1.82, 2.24) is 10.4 Å². The van der Waals surface area contributed by atoms with Crippen molar-refractivity contribution in [3.05, 3.63) is 65.2 Å². The van der Waals surface area contributed by atoms with Crippen molar-refractivity contribution in [3.63, 3.8) is 0 Å². The maximum atomic E-state index is 13.3. The van der Waals surface area contributed by atoms with Gasteiger partial charge < -0.3 is 0 Å². The maximum absolute atomic E-state index is 13.3. The molecule has 1 aromatic heterocycles. The van der Waals surface area contributed by atoms with Gasteiger partial charge in [-0.2, -0.15) is 0 Å². The number of nitrogens with zero attached hydrogens (tertiary/aromatic N) is 1. The van der Waals surface area contributed by atoms with Crippen molar-refractivity contribution in [3.8, 4) is 0 Å². The molecule has 1 aliphatic carbocycles. The van der Waals surface area contributed by atoms with E-state index in [0.717, 1.165) is 24.1 Å². The van der Waals surface area contributed by atoms with Gasteiger partial charge >= 0.3 is 0 Å². The van der Waals surface area contributed by atoms with Crippen molar-refractivity contribution in [2.75, 3.05) is 0 Å². The summed E-state index contributed by atoms with van der Waals surface area (Å²) < 4.78 is 13.3. The molecular weight excluding hydrogens is 253 g/mol. The van der Waals surface area contributed by atoms with Crippen molar-refractivity contribution in [2.24, 2.45) is 5.84 Å².